The van der Waals surface area contributed by atoms with Crippen LogP contribution in [0.3, 0.4) is 0 Å². The Balaban J connectivity index is 1.68. The van der Waals surface area contributed by atoms with Crippen molar-refractivity contribution in [3.05, 3.63) is 94.1 Å². The van der Waals surface area contributed by atoms with Crippen LogP contribution in [-0.2, 0) is 0 Å². The van der Waals surface area contributed by atoms with Crippen LogP contribution >= 0.6 is 23.6 Å². The van der Waals surface area contributed by atoms with E-state index in [1.165, 1.54) is 29.0 Å². The second kappa shape index (κ2) is 8.53. The van der Waals surface area contributed by atoms with Crippen LogP contribution < -0.4 is 10.2 Å². The molecule has 0 amide bonds. The number of aryl methyl sites for hydroxylation is 2. The van der Waals surface area contributed by atoms with Crippen LogP contribution in [0.1, 0.15) is 35.5 Å². The lowest BCUT2D eigenvalue weighted by Crippen LogP contribution is -2.46. The number of halogens is 1. The van der Waals surface area contributed by atoms with E-state index in [1.54, 1.807) is 6.07 Å². The van der Waals surface area contributed by atoms with E-state index in [9.17, 15) is 4.39 Å². The van der Waals surface area contributed by atoms with E-state index in [-0.39, 0.29) is 5.82 Å². The fourth-order valence-corrected chi connectivity index (χ4v) is 4.98. The minimum Gasteiger partial charge on any atom is -0.351 e. The molecular weight excluding hydrogens is 455 g/mol. The molecule has 3 heterocycles. The maximum atomic E-state index is 14.1. The molecule has 166 valence electrons. The molecular formula is C25H21FN4OS2. The Morgan fingerprint density at radius 3 is 2.64 bits per heavy atom. The van der Waals surface area contributed by atoms with Crippen LogP contribution in [0.5, 0.6) is 0 Å². The Bertz CT molecular complexity index is 1380. The van der Waals surface area contributed by atoms with Gasteiger partial charge in [-0.15, -0.1) is 11.3 Å². The van der Waals surface area contributed by atoms with Crippen LogP contribution in [0.2, 0.25) is 0 Å². The van der Waals surface area contributed by atoms with Gasteiger partial charge in [0.25, 0.3) is 5.89 Å². The van der Waals surface area contributed by atoms with E-state index in [2.05, 4.69) is 41.4 Å². The standard InChI is InChI=1S/C25H21FN4OS2/c1-14-9-10-19(12-15(14)2)30-16(3)21(24-28-23(29-31-24)20-8-5-11-33-20)22(27-25(30)32)17-6-4-7-18(26)13-17/h4-13,22H,1-3H3,(H,27,32). The minimum atomic E-state index is -0.437. The molecule has 1 atom stereocenters. The third-order valence-corrected chi connectivity index (χ3v) is 6.98. The Kier molecular flexibility index (Phi) is 5.55. The van der Waals surface area contributed by atoms with Gasteiger partial charge in [0.05, 0.1) is 16.5 Å². The van der Waals surface area contributed by atoms with Gasteiger partial charge in [-0.3, -0.25) is 4.90 Å². The van der Waals surface area contributed by atoms with Crippen molar-refractivity contribution >= 4 is 39.9 Å². The molecule has 0 aliphatic carbocycles. The summed E-state index contributed by atoms with van der Waals surface area (Å²) < 4.78 is 19.8. The van der Waals surface area contributed by atoms with Gasteiger partial charge in [0.2, 0.25) is 5.82 Å². The van der Waals surface area contributed by atoms with Gasteiger partial charge in [-0.05, 0) is 85.4 Å². The number of hydrogen-bond acceptors (Lipinski definition) is 5. The van der Waals surface area contributed by atoms with E-state index in [0.717, 1.165) is 33.0 Å². The van der Waals surface area contributed by atoms with Crippen LogP contribution in [0, 0.1) is 19.7 Å². The zero-order valence-corrected chi connectivity index (χ0v) is 19.9. The zero-order chi connectivity index (χ0) is 23.1. The molecule has 2 aromatic heterocycles. The molecule has 1 unspecified atom stereocenters. The summed E-state index contributed by atoms with van der Waals surface area (Å²) in [5, 5.41) is 10.1. The predicted octanol–water partition coefficient (Wildman–Crippen LogP) is 6.42. The SMILES string of the molecule is CC1=C(c2nc(-c3cccs3)no2)C(c2cccc(F)c2)NC(=S)N1c1ccc(C)c(C)c1. The van der Waals surface area contributed by atoms with E-state index in [0.29, 0.717) is 16.8 Å². The summed E-state index contributed by atoms with van der Waals surface area (Å²) in [6.07, 6.45) is 0. The molecule has 0 radical (unpaired) electrons. The molecule has 1 aliphatic heterocycles. The van der Waals surface area contributed by atoms with Gasteiger partial charge >= 0.3 is 0 Å². The maximum Gasteiger partial charge on any atom is 0.258 e. The second-order valence-electron chi connectivity index (χ2n) is 7.94. The number of aromatic nitrogens is 2. The first kappa shape index (κ1) is 21.5. The Morgan fingerprint density at radius 1 is 1.06 bits per heavy atom. The minimum absolute atomic E-state index is 0.321. The number of anilines is 1. The molecule has 0 bridgehead atoms. The van der Waals surface area contributed by atoms with Crippen molar-refractivity contribution in [2.45, 2.75) is 26.8 Å². The van der Waals surface area contributed by atoms with Crippen LogP contribution in [0.25, 0.3) is 16.3 Å². The summed E-state index contributed by atoms with van der Waals surface area (Å²) >= 11 is 7.31. The molecule has 5 nitrogen and oxygen atoms in total. The van der Waals surface area contributed by atoms with Crippen molar-refractivity contribution in [2.24, 2.45) is 0 Å². The molecule has 2 aromatic carbocycles. The third-order valence-electron chi connectivity index (χ3n) is 5.81. The van der Waals surface area contributed by atoms with Crippen molar-refractivity contribution in [3.8, 4) is 10.7 Å². The molecule has 1 N–H and O–H groups in total. The first-order valence-electron chi connectivity index (χ1n) is 10.4. The molecule has 0 saturated carbocycles. The highest BCUT2D eigenvalue weighted by atomic mass is 32.1. The van der Waals surface area contributed by atoms with Gasteiger partial charge < -0.3 is 9.84 Å². The topological polar surface area (TPSA) is 54.2 Å². The lowest BCUT2D eigenvalue weighted by atomic mass is 9.94. The third kappa shape index (κ3) is 3.96. The fraction of sp³-hybridized carbons (Fsp3) is 0.160. The van der Waals surface area contributed by atoms with Gasteiger partial charge in [-0.25, -0.2) is 4.39 Å². The van der Waals surface area contributed by atoms with E-state index in [1.807, 2.05) is 41.5 Å². The first-order valence-corrected chi connectivity index (χ1v) is 11.7. The number of benzene rings is 2. The van der Waals surface area contributed by atoms with Crippen LogP contribution in [-0.4, -0.2) is 15.3 Å². The monoisotopic (exact) mass is 476 g/mol. The number of thiophene rings is 1. The fourth-order valence-electron chi connectivity index (χ4n) is 3.97. The average Bonchev–Trinajstić information content (AvgIpc) is 3.48. The second-order valence-corrected chi connectivity index (χ2v) is 9.28. The molecule has 0 spiro atoms. The van der Waals surface area contributed by atoms with Gasteiger partial charge in [0.1, 0.15) is 5.82 Å². The molecule has 0 fully saturated rings. The Morgan fingerprint density at radius 2 is 1.91 bits per heavy atom. The number of allylic oxidation sites excluding steroid dienone is 1. The first-order chi connectivity index (χ1) is 15.9. The molecule has 8 heteroatoms. The summed E-state index contributed by atoms with van der Waals surface area (Å²) in [6.45, 7) is 6.11. The van der Waals surface area contributed by atoms with Crippen molar-refractivity contribution in [2.75, 3.05) is 4.90 Å². The number of thiocarbonyl (C=S) groups is 1. The quantitative estimate of drug-likeness (QED) is 0.343. The lowest BCUT2D eigenvalue weighted by Gasteiger charge is -2.37. The molecule has 4 aromatic rings. The van der Waals surface area contributed by atoms with Crippen LogP contribution in [0.15, 0.2) is 70.2 Å². The molecule has 1 aliphatic rings. The molecule has 33 heavy (non-hydrogen) atoms. The van der Waals surface area contributed by atoms with Gasteiger partial charge in [-0.1, -0.05) is 29.4 Å². The summed E-state index contributed by atoms with van der Waals surface area (Å²) in [5.74, 6) is 0.566. The normalized spacial score (nSPS) is 16.3. The number of hydrogen-bond donors (Lipinski definition) is 1. The highest BCUT2D eigenvalue weighted by molar-refractivity contribution is 7.80. The van der Waals surface area contributed by atoms with Crippen LogP contribution in [0.4, 0.5) is 10.1 Å². The van der Waals surface area contributed by atoms with Gasteiger partial charge in [-0.2, -0.15) is 4.98 Å². The number of rotatable bonds is 4. The summed E-state index contributed by atoms with van der Waals surface area (Å²) in [5.41, 5.74) is 5.62. The van der Waals surface area contributed by atoms with E-state index >= 15 is 0 Å². The van der Waals surface area contributed by atoms with E-state index < -0.39 is 6.04 Å². The largest absolute Gasteiger partial charge is 0.351 e. The smallest absolute Gasteiger partial charge is 0.258 e. The van der Waals surface area contributed by atoms with Crippen molar-refractivity contribution in [3.63, 3.8) is 0 Å². The summed E-state index contributed by atoms with van der Waals surface area (Å²) in [6, 6.07) is 16.1. The Hall–Kier alpha value is -3.36. The maximum absolute atomic E-state index is 14.1. The summed E-state index contributed by atoms with van der Waals surface area (Å²) in [7, 11) is 0. The predicted molar refractivity (Wildman–Crippen MR) is 133 cm³/mol. The highest BCUT2D eigenvalue weighted by Gasteiger charge is 2.35. The zero-order valence-electron chi connectivity index (χ0n) is 18.3. The van der Waals surface area contributed by atoms with Crippen molar-refractivity contribution in [1.29, 1.82) is 0 Å². The van der Waals surface area contributed by atoms with Crippen molar-refractivity contribution < 1.29 is 8.91 Å². The highest BCUT2D eigenvalue weighted by Crippen LogP contribution is 2.39. The molecule has 5 rings (SSSR count). The number of nitrogens with one attached hydrogen (secondary N) is 1. The van der Waals surface area contributed by atoms with E-state index in [4.69, 9.17) is 16.7 Å². The lowest BCUT2D eigenvalue weighted by molar-refractivity contribution is 0.404. The molecule has 0 saturated heterocycles. The number of nitrogens with zero attached hydrogens (tertiary/aromatic N) is 3. The van der Waals surface area contributed by atoms with Gasteiger partial charge in [0, 0.05) is 11.4 Å². The van der Waals surface area contributed by atoms with Gasteiger partial charge in [0.15, 0.2) is 5.11 Å². The van der Waals surface area contributed by atoms with Crippen molar-refractivity contribution in [1.82, 2.24) is 15.5 Å². The average molecular weight is 477 g/mol. The summed E-state index contributed by atoms with van der Waals surface area (Å²) in [4.78, 5) is 7.55. The Labute approximate surface area is 200 Å².